The summed E-state index contributed by atoms with van der Waals surface area (Å²) in [5.74, 6) is 3.20. The van der Waals surface area contributed by atoms with Gasteiger partial charge in [-0.3, -0.25) is 4.79 Å². The van der Waals surface area contributed by atoms with Crippen LogP contribution in [0.5, 0.6) is 0 Å². The van der Waals surface area contributed by atoms with Gasteiger partial charge in [0.15, 0.2) is 0 Å². The largest absolute Gasteiger partial charge is 0.352 e. The highest BCUT2D eigenvalue weighted by Gasteiger charge is 2.17. The minimum absolute atomic E-state index is 0.200. The summed E-state index contributed by atoms with van der Waals surface area (Å²) in [5, 5.41) is 3.04. The third kappa shape index (κ3) is 4.05. The van der Waals surface area contributed by atoms with Crippen LogP contribution in [0, 0.1) is 12.8 Å². The molecule has 0 saturated carbocycles. The van der Waals surface area contributed by atoms with E-state index in [1.54, 1.807) is 0 Å². The van der Waals surface area contributed by atoms with Crippen LogP contribution in [0.25, 0.3) is 0 Å². The van der Waals surface area contributed by atoms with Crippen molar-refractivity contribution in [1.29, 1.82) is 0 Å². The van der Waals surface area contributed by atoms with E-state index in [-0.39, 0.29) is 5.91 Å². The molecule has 0 aromatic heterocycles. The van der Waals surface area contributed by atoms with Crippen LogP contribution in [0.15, 0.2) is 24.3 Å². The van der Waals surface area contributed by atoms with E-state index in [4.69, 9.17) is 0 Å². The zero-order valence-electron chi connectivity index (χ0n) is 10.9. The average Bonchev–Trinajstić information content (AvgIpc) is 2.39. The second kappa shape index (κ2) is 6.83. The molecule has 0 aliphatic carbocycles. The van der Waals surface area contributed by atoms with Crippen molar-refractivity contribution < 1.29 is 4.79 Å². The van der Waals surface area contributed by atoms with E-state index in [9.17, 15) is 4.79 Å². The van der Waals surface area contributed by atoms with Crippen LogP contribution in [-0.4, -0.2) is 17.4 Å². The molecule has 0 radical (unpaired) electrons. The van der Waals surface area contributed by atoms with Crippen LogP contribution in [0.1, 0.15) is 30.4 Å². The number of nitrogens with one attached hydrogen (secondary N) is 1. The maximum absolute atomic E-state index is 11.9. The topological polar surface area (TPSA) is 29.1 Å². The molecule has 1 aromatic rings. The molecule has 1 amide bonds. The van der Waals surface area contributed by atoms with Gasteiger partial charge in [0, 0.05) is 13.0 Å². The van der Waals surface area contributed by atoms with Gasteiger partial charge in [0.2, 0.25) is 5.91 Å². The van der Waals surface area contributed by atoms with Crippen LogP contribution in [0.4, 0.5) is 0 Å². The Morgan fingerprint density at radius 2 is 2.28 bits per heavy atom. The molecular weight excluding hydrogens is 242 g/mol. The molecule has 1 fully saturated rings. The van der Waals surface area contributed by atoms with Gasteiger partial charge in [-0.05, 0) is 48.3 Å². The van der Waals surface area contributed by atoms with E-state index >= 15 is 0 Å². The van der Waals surface area contributed by atoms with E-state index in [1.807, 2.05) is 23.9 Å². The van der Waals surface area contributed by atoms with Gasteiger partial charge in [-0.1, -0.05) is 24.3 Å². The molecule has 3 heteroatoms. The van der Waals surface area contributed by atoms with E-state index in [1.165, 1.54) is 29.7 Å². The fourth-order valence-corrected chi connectivity index (χ4v) is 3.46. The molecule has 1 unspecified atom stereocenters. The van der Waals surface area contributed by atoms with Gasteiger partial charge < -0.3 is 5.32 Å². The fourth-order valence-electron chi connectivity index (χ4n) is 2.30. The van der Waals surface area contributed by atoms with E-state index in [2.05, 4.69) is 24.4 Å². The maximum Gasteiger partial charge on any atom is 0.220 e. The summed E-state index contributed by atoms with van der Waals surface area (Å²) in [7, 11) is 0. The molecule has 98 valence electrons. The van der Waals surface area contributed by atoms with Crippen molar-refractivity contribution in [3.05, 3.63) is 35.4 Å². The first-order chi connectivity index (χ1) is 8.75. The first-order valence-corrected chi connectivity index (χ1v) is 7.80. The number of aryl methyl sites for hydroxylation is 1. The number of rotatable bonds is 4. The summed E-state index contributed by atoms with van der Waals surface area (Å²) in [6, 6.07) is 8.21. The van der Waals surface area contributed by atoms with Crippen molar-refractivity contribution in [2.75, 3.05) is 11.5 Å². The predicted octanol–water partition coefficient (Wildman–Crippen LogP) is 3.14. The standard InChI is InChI=1S/C15H21NOS/c1-12-5-2-3-7-14(12)10-16-15(17)9-13-6-4-8-18-11-13/h2-3,5,7,13H,4,6,8-11H2,1H3,(H,16,17). The molecule has 1 saturated heterocycles. The number of hydrogen-bond acceptors (Lipinski definition) is 2. The van der Waals surface area contributed by atoms with Crippen LogP contribution in [0.2, 0.25) is 0 Å². The zero-order valence-corrected chi connectivity index (χ0v) is 11.8. The highest BCUT2D eigenvalue weighted by molar-refractivity contribution is 7.99. The molecule has 2 nitrogen and oxygen atoms in total. The number of carbonyl (C=O) groups is 1. The van der Waals surface area contributed by atoms with E-state index in [0.29, 0.717) is 18.9 Å². The van der Waals surface area contributed by atoms with E-state index in [0.717, 1.165) is 5.75 Å². The summed E-state index contributed by atoms with van der Waals surface area (Å²) in [5.41, 5.74) is 2.45. The first-order valence-electron chi connectivity index (χ1n) is 6.64. The van der Waals surface area contributed by atoms with Crippen molar-refractivity contribution in [2.24, 2.45) is 5.92 Å². The number of hydrogen-bond donors (Lipinski definition) is 1. The molecule has 0 spiro atoms. The second-order valence-corrected chi connectivity index (χ2v) is 6.14. The lowest BCUT2D eigenvalue weighted by atomic mass is 10.0. The lowest BCUT2D eigenvalue weighted by Gasteiger charge is -2.20. The average molecular weight is 263 g/mol. The summed E-state index contributed by atoms with van der Waals surface area (Å²) >= 11 is 1.98. The number of amides is 1. The van der Waals surface area contributed by atoms with Gasteiger partial charge in [0.1, 0.15) is 0 Å². The fraction of sp³-hybridized carbons (Fsp3) is 0.533. The molecule has 0 bridgehead atoms. The third-order valence-electron chi connectivity index (χ3n) is 3.47. The Hall–Kier alpha value is -0.960. The number of thioether (sulfide) groups is 1. The SMILES string of the molecule is Cc1ccccc1CNC(=O)CC1CCCSC1. The lowest BCUT2D eigenvalue weighted by molar-refractivity contribution is -0.122. The Bertz CT molecular complexity index is 399. The molecule has 18 heavy (non-hydrogen) atoms. The maximum atomic E-state index is 11.9. The van der Waals surface area contributed by atoms with Crippen molar-refractivity contribution >= 4 is 17.7 Å². The molecule has 1 heterocycles. The van der Waals surface area contributed by atoms with Gasteiger partial charge >= 0.3 is 0 Å². The van der Waals surface area contributed by atoms with E-state index < -0.39 is 0 Å². The molecule has 1 aromatic carbocycles. The summed E-state index contributed by atoms with van der Waals surface area (Å²) in [6.45, 7) is 2.74. The smallest absolute Gasteiger partial charge is 0.220 e. The Balaban J connectivity index is 1.76. The molecule has 1 N–H and O–H groups in total. The number of benzene rings is 1. The summed E-state index contributed by atoms with van der Waals surface area (Å²) < 4.78 is 0. The summed E-state index contributed by atoms with van der Waals surface area (Å²) in [4.78, 5) is 11.9. The second-order valence-electron chi connectivity index (χ2n) is 4.99. The van der Waals surface area contributed by atoms with Crippen LogP contribution < -0.4 is 5.32 Å². The van der Waals surface area contributed by atoms with Gasteiger partial charge in [-0.2, -0.15) is 11.8 Å². The zero-order chi connectivity index (χ0) is 12.8. The molecule has 1 aliphatic rings. The lowest BCUT2D eigenvalue weighted by Crippen LogP contribution is -2.27. The van der Waals surface area contributed by atoms with Gasteiger partial charge in [-0.25, -0.2) is 0 Å². The minimum atomic E-state index is 0.200. The van der Waals surface area contributed by atoms with Crippen molar-refractivity contribution in [3.8, 4) is 0 Å². The Kier molecular flexibility index (Phi) is 5.12. The Labute approximate surface area is 114 Å². The van der Waals surface area contributed by atoms with Gasteiger partial charge in [0.05, 0.1) is 0 Å². The molecular formula is C15H21NOS. The van der Waals surface area contributed by atoms with Crippen molar-refractivity contribution in [2.45, 2.75) is 32.7 Å². The first kappa shape index (κ1) is 13.5. The predicted molar refractivity (Wildman–Crippen MR) is 77.7 cm³/mol. The quantitative estimate of drug-likeness (QED) is 0.904. The highest BCUT2D eigenvalue weighted by Crippen LogP contribution is 2.24. The van der Waals surface area contributed by atoms with Crippen LogP contribution >= 0.6 is 11.8 Å². The third-order valence-corrected chi connectivity index (χ3v) is 4.75. The summed E-state index contributed by atoms with van der Waals surface area (Å²) in [6.07, 6.45) is 3.17. The molecule has 2 rings (SSSR count). The van der Waals surface area contributed by atoms with Crippen molar-refractivity contribution in [3.63, 3.8) is 0 Å². The Morgan fingerprint density at radius 1 is 1.44 bits per heavy atom. The van der Waals surface area contributed by atoms with Gasteiger partial charge in [-0.15, -0.1) is 0 Å². The van der Waals surface area contributed by atoms with Gasteiger partial charge in [0.25, 0.3) is 0 Å². The number of carbonyl (C=O) groups excluding carboxylic acids is 1. The van der Waals surface area contributed by atoms with Crippen molar-refractivity contribution in [1.82, 2.24) is 5.32 Å². The highest BCUT2D eigenvalue weighted by atomic mass is 32.2. The Morgan fingerprint density at radius 3 is 3.00 bits per heavy atom. The van der Waals surface area contributed by atoms with Crippen LogP contribution in [-0.2, 0) is 11.3 Å². The van der Waals surface area contributed by atoms with Crippen LogP contribution in [0.3, 0.4) is 0 Å². The minimum Gasteiger partial charge on any atom is -0.352 e. The molecule has 1 atom stereocenters. The normalized spacial score (nSPS) is 19.5. The molecule has 1 aliphatic heterocycles. The monoisotopic (exact) mass is 263 g/mol.